The predicted molar refractivity (Wildman–Crippen MR) is 95.6 cm³/mol. The molecule has 7 heteroatoms. The number of hydrogen-bond donors (Lipinski definition) is 1. The topological polar surface area (TPSA) is 66.5 Å². The number of carbonyl (C=O) groups excluding carboxylic acids is 1. The lowest BCUT2D eigenvalue weighted by Crippen LogP contribution is -2.41. The number of sulfonamides is 1. The minimum Gasteiger partial charge on any atom is -0.325 e. The Morgan fingerprint density at radius 3 is 2.42 bits per heavy atom. The number of nitrogens with zero attached hydrogens (tertiary/aromatic N) is 1. The van der Waals surface area contributed by atoms with Crippen molar-refractivity contribution < 1.29 is 13.2 Å². The Kier molecular flexibility index (Phi) is 5.03. The third kappa shape index (κ3) is 3.68. The van der Waals surface area contributed by atoms with Crippen molar-refractivity contribution in [2.75, 3.05) is 18.4 Å². The number of nitrogens with one attached hydrogen (secondary N) is 1. The molecule has 1 aliphatic rings. The minimum atomic E-state index is -3.47. The summed E-state index contributed by atoms with van der Waals surface area (Å²) in [5, 5.41) is 6.68. The zero-order valence-electron chi connectivity index (χ0n) is 13.4. The lowest BCUT2D eigenvalue weighted by molar-refractivity contribution is -0.120. The molecule has 5 nitrogen and oxygen atoms in total. The van der Waals surface area contributed by atoms with Gasteiger partial charge in [-0.2, -0.15) is 15.6 Å². The number of benzene rings is 1. The molecule has 1 fully saturated rings. The highest BCUT2D eigenvalue weighted by molar-refractivity contribution is 7.89. The molecule has 2 heterocycles. The van der Waals surface area contributed by atoms with Gasteiger partial charge in [-0.1, -0.05) is 17.7 Å². The SMILES string of the molecule is Cc1ccc(S(=O)(=O)N2CCC(C(=O)Nc3ccsc3)CC2)cc1. The van der Waals surface area contributed by atoms with E-state index in [1.165, 1.54) is 15.6 Å². The van der Waals surface area contributed by atoms with E-state index in [0.717, 1.165) is 11.3 Å². The molecule has 24 heavy (non-hydrogen) atoms. The van der Waals surface area contributed by atoms with Crippen molar-refractivity contribution in [1.29, 1.82) is 0 Å². The van der Waals surface area contributed by atoms with E-state index in [4.69, 9.17) is 0 Å². The summed E-state index contributed by atoms with van der Waals surface area (Å²) < 4.78 is 26.8. The fourth-order valence-electron chi connectivity index (χ4n) is 2.80. The number of aryl methyl sites for hydroxylation is 1. The van der Waals surface area contributed by atoms with Crippen molar-refractivity contribution in [3.63, 3.8) is 0 Å². The second kappa shape index (κ2) is 7.04. The summed E-state index contributed by atoms with van der Waals surface area (Å²) >= 11 is 1.53. The van der Waals surface area contributed by atoms with E-state index >= 15 is 0 Å². The van der Waals surface area contributed by atoms with E-state index in [9.17, 15) is 13.2 Å². The predicted octanol–water partition coefficient (Wildman–Crippen LogP) is 3.10. The van der Waals surface area contributed by atoms with Gasteiger partial charge in [0.25, 0.3) is 0 Å². The molecule has 0 atom stereocenters. The first-order valence-corrected chi connectivity index (χ1v) is 10.2. The molecule has 1 aliphatic heterocycles. The molecule has 1 amide bonds. The van der Waals surface area contributed by atoms with Gasteiger partial charge in [0.2, 0.25) is 15.9 Å². The first-order valence-electron chi connectivity index (χ1n) is 7.87. The molecule has 0 unspecified atom stereocenters. The van der Waals surface area contributed by atoms with Crippen molar-refractivity contribution >= 4 is 33.0 Å². The zero-order valence-corrected chi connectivity index (χ0v) is 15.1. The Hall–Kier alpha value is -1.70. The van der Waals surface area contributed by atoms with Gasteiger partial charge in [0.05, 0.1) is 10.6 Å². The molecule has 1 aromatic heterocycles. The van der Waals surface area contributed by atoms with E-state index in [1.807, 2.05) is 23.8 Å². The van der Waals surface area contributed by atoms with Crippen LogP contribution >= 0.6 is 11.3 Å². The normalized spacial score (nSPS) is 16.9. The highest BCUT2D eigenvalue weighted by Crippen LogP contribution is 2.25. The monoisotopic (exact) mass is 364 g/mol. The summed E-state index contributed by atoms with van der Waals surface area (Å²) in [6, 6.07) is 8.74. The summed E-state index contributed by atoms with van der Waals surface area (Å²) in [5.41, 5.74) is 1.83. The van der Waals surface area contributed by atoms with Gasteiger partial charge in [-0.15, -0.1) is 0 Å². The van der Waals surface area contributed by atoms with Crippen molar-refractivity contribution in [3.05, 3.63) is 46.7 Å². The molecule has 1 saturated heterocycles. The quantitative estimate of drug-likeness (QED) is 0.906. The van der Waals surface area contributed by atoms with Crippen LogP contribution < -0.4 is 5.32 Å². The molecule has 1 aromatic carbocycles. The standard InChI is InChI=1S/C17H20N2O3S2/c1-13-2-4-16(5-3-13)24(21,22)19-9-6-14(7-10-19)17(20)18-15-8-11-23-12-15/h2-5,8,11-12,14H,6-7,9-10H2,1H3,(H,18,20). The zero-order chi connectivity index (χ0) is 17.2. The van der Waals surface area contributed by atoms with E-state index in [1.54, 1.807) is 24.3 Å². The third-order valence-electron chi connectivity index (χ3n) is 4.27. The number of piperidine rings is 1. The van der Waals surface area contributed by atoms with Crippen molar-refractivity contribution in [2.45, 2.75) is 24.7 Å². The first-order chi connectivity index (χ1) is 11.5. The summed E-state index contributed by atoms with van der Waals surface area (Å²) in [5.74, 6) is -0.171. The summed E-state index contributed by atoms with van der Waals surface area (Å²) in [6.07, 6.45) is 1.09. The van der Waals surface area contributed by atoms with Crippen LogP contribution in [0.3, 0.4) is 0 Å². The second-order valence-corrected chi connectivity index (χ2v) is 8.71. The third-order valence-corrected chi connectivity index (χ3v) is 6.87. The van der Waals surface area contributed by atoms with Crippen LogP contribution in [0.1, 0.15) is 18.4 Å². The van der Waals surface area contributed by atoms with Crippen molar-refractivity contribution in [1.82, 2.24) is 4.31 Å². The van der Waals surface area contributed by atoms with E-state index < -0.39 is 10.0 Å². The first kappa shape index (κ1) is 17.1. The molecule has 0 aliphatic carbocycles. The highest BCUT2D eigenvalue weighted by Gasteiger charge is 2.32. The van der Waals surface area contributed by atoms with Gasteiger partial charge in [-0.3, -0.25) is 4.79 Å². The summed E-state index contributed by atoms with van der Waals surface area (Å²) in [4.78, 5) is 12.6. The van der Waals surface area contributed by atoms with Crippen LogP contribution in [0.25, 0.3) is 0 Å². The molecule has 2 aromatic rings. The van der Waals surface area contributed by atoms with Gasteiger partial charge in [-0.25, -0.2) is 8.42 Å². The average molecular weight is 364 g/mol. The molecule has 1 N–H and O–H groups in total. The number of thiophene rings is 1. The Morgan fingerprint density at radius 1 is 1.17 bits per heavy atom. The van der Waals surface area contributed by atoms with Crippen LogP contribution in [0.15, 0.2) is 46.0 Å². The van der Waals surface area contributed by atoms with Crippen molar-refractivity contribution in [2.24, 2.45) is 5.92 Å². The van der Waals surface area contributed by atoms with Gasteiger partial charge in [0, 0.05) is 24.4 Å². The van der Waals surface area contributed by atoms with Gasteiger partial charge in [0.15, 0.2) is 0 Å². The van der Waals surface area contributed by atoms with E-state index in [2.05, 4.69) is 5.32 Å². The highest BCUT2D eigenvalue weighted by atomic mass is 32.2. The fourth-order valence-corrected chi connectivity index (χ4v) is 4.86. The van der Waals surface area contributed by atoms with Crippen LogP contribution in [0.2, 0.25) is 0 Å². The van der Waals surface area contributed by atoms with Gasteiger partial charge in [0.1, 0.15) is 0 Å². The van der Waals surface area contributed by atoms with Crippen LogP contribution in [-0.4, -0.2) is 31.7 Å². The molecular weight excluding hydrogens is 344 g/mol. The number of amides is 1. The molecule has 0 spiro atoms. The largest absolute Gasteiger partial charge is 0.325 e. The van der Waals surface area contributed by atoms with Gasteiger partial charge in [-0.05, 0) is 43.3 Å². The lowest BCUT2D eigenvalue weighted by atomic mass is 9.97. The Bertz CT molecular complexity index is 791. The van der Waals surface area contributed by atoms with Crippen LogP contribution in [0.4, 0.5) is 5.69 Å². The molecule has 0 saturated carbocycles. The maximum Gasteiger partial charge on any atom is 0.243 e. The fraction of sp³-hybridized carbons (Fsp3) is 0.353. The Morgan fingerprint density at radius 2 is 1.83 bits per heavy atom. The molecule has 3 rings (SSSR count). The van der Waals surface area contributed by atoms with Gasteiger partial charge >= 0.3 is 0 Å². The number of hydrogen-bond acceptors (Lipinski definition) is 4. The molecule has 128 valence electrons. The van der Waals surface area contributed by atoms with Crippen LogP contribution in [0.5, 0.6) is 0 Å². The maximum absolute atomic E-state index is 12.7. The molecule has 0 bridgehead atoms. The number of carbonyl (C=O) groups is 1. The molecular formula is C17H20N2O3S2. The smallest absolute Gasteiger partial charge is 0.243 e. The molecule has 0 radical (unpaired) electrons. The lowest BCUT2D eigenvalue weighted by Gasteiger charge is -2.30. The summed E-state index contributed by atoms with van der Waals surface area (Å²) in [6.45, 7) is 2.67. The minimum absolute atomic E-state index is 0.0271. The second-order valence-electron chi connectivity index (χ2n) is 5.99. The number of anilines is 1. The van der Waals surface area contributed by atoms with E-state index in [-0.39, 0.29) is 11.8 Å². The Labute approximate surface area is 146 Å². The van der Waals surface area contributed by atoms with Crippen LogP contribution in [0, 0.1) is 12.8 Å². The van der Waals surface area contributed by atoms with Gasteiger partial charge < -0.3 is 5.32 Å². The number of rotatable bonds is 4. The average Bonchev–Trinajstić information content (AvgIpc) is 3.08. The Balaban J connectivity index is 1.62. The van der Waals surface area contributed by atoms with Crippen LogP contribution in [-0.2, 0) is 14.8 Å². The maximum atomic E-state index is 12.7. The van der Waals surface area contributed by atoms with Crippen molar-refractivity contribution in [3.8, 4) is 0 Å². The summed E-state index contributed by atoms with van der Waals surface area (Å²) in [7, 11) is -3.47. The van der Waals surface area contributed by atoms with E-state index in [0.29, 0.717) is 30.8 Å².